The van der Waals surface area contributed by atoms with Gasteiger partial charge in [0.15, 0.2) is 11.5 Å². The van der Waals surface area contributed by atoms with Gasteiger partial charge in [-0.05, 0) is 39.8 Å². The Kier molecular flexibility index (Phi) is 4.47. The highest BCUT2D eigenvalue weighted by Crippen LogP contribution is 2.32. The van der Waals surface area contributed by atoms with Gasteiger partial charge in [-0.15, -0.1) is 0 Å². The van der Waals surface area contributed by atoms with Gasteiger partial charge in [0.1, 0.15) is 5.75 Å². The largest absolute Gasteiger partial charge is 0.493 e. The van der Waals surface area contributed by atoms with Crippen molar-refractivity contribution in [2.45, 2.75) is 39.9 Å². The highest BCUT2D eigenvalue weighted by Gasteiger charge is 2.08. The number of hydrogen-bond donors (Lipinski definition) is 0. The molecule has 16 heavy (non-hydrogen) atoms. The lowest BCUT2D eigenvalue weighted by atomic mass is 10.3. The molecule has 1 aromatic rings. The number of methoxy groups -OCH3 is 1. The first kappa shape index (κ1) is 12.7. The van der Waals surface area contributed by atoms with Gasteiger partial charge in [-0.3, -0.25) is 0 Å². The van der Waals surface area contributed by atoms with E-state index < -0.39 is 0 Å². The highest BCUT2D eigenvalue weighted by molar-refractivity contribution is 5.45. The fourth-order valence-corrected chi connectivity index (χ4v) is 1.34. The van der Waals surface area contributed by atoms with E-state index in [0.29, 0.717) is 5.75 Å². The van der Waals surface area contributed by atoms with Gasteiger partial charge in [-0.25, -0.2) is 0 Å². The van der Waals surface area contributed by atoms with E-state index in [1.54, 1.807) is 7.11 Å². The smallest absolute Gasteiger partial charge is 0.164 e. The van der Waals surface area contributed by atoms with Crippen molar-refractivity contribution in [3.05, 3.63) is 18.2 Å². The lowest BCUT2D eigenvalue weighted by Gasteiger charge is -2.15. The van der Waals surface area contributed by atoms with Crippen molar-refractivity contribution in [2.24, 2.45) is 0 Å². The normalized spacial score (nSPS) is 10.7. The maximum atomic E-state index is 5.62. The fraction of sp³-hybridized carbons (Fsp3) is 0.538. The predicted octanol–water partition coefficient (Wildman–Crippen LogP) is 3.27. The van der Waals surface area contributed by atoms with E-state index in [4.69, 9.17) is 14.2 Å². The molecule has 0 N–H and O–H groups in total. The molecule has 0 heterocycles. The van der Waals surface area contributed by atoms with E-state index in [1.807, 2.05) is 45.9 Å². The number of benzene rings is 1. The minimum atomic E-state index is 0.130. The maximum absolute atomic E-state index is 5.62. The standard InChI is InChI=1S/C13H20O3/c1-9(2)15-11-6-7-12(16-10(3)4)13(8-11)14-5/h6-10H,1-5H3. The fourth-order valence-electron chi connectivity index (χ4n) is 1.34. The van der Waals surface area contributed by atoms with Gasteiger partial charge in [0.05, 0.1) is 19.3 Å². The molecular formula is C13H20O3. The minimum absolute atomic E-state index is 0.130. The number of rotatable bonds is 5. The second-order valence-corrected chi connectivity index (χ2v) is 4.15. The average Bonchev–Trinajstić information content (AvgIpc) is 2.18. The molecule has 0 aliphatic rings. The van der Waals surface area contributed by atoms with Gasteiger partial charge < -0.3 is 14.2 Å². The van der Waals surface area contributed by atoms with Crippen molar-refractivity contribution < 1.29 is 14.2 Å². The summed E-state index contributed by atoms with van der Waals surface area (Å²) in [6.07, 6.45) is 0.285. The van der Waals surface area contributed by atoms with Crippen LogP contribution < -0.4 is 14.2 Å². The van der Waals surface area contributed by atoms with Crippen LogP contribution in [0.15, 0.2) is 18.2 Å². The first-order valence-electron chi connectivity index (χ1n) is 5.54. The van der Waals surface area contributed by atoms with Gasteiger partial charge in [0.25, 0.3) is 0 Å². The Morgan fingerprint density at radius 3 is 2.00 bits per heavy atom. The van der Waals surface area contributed by atoms with Gasteiger partial charge in [-0.1, -0.05) is 0 Å². The molecule has 0 aromatic heterocycles. The van der Waals surface area contributed by atoms with E-state index in [1.165, 1.54) is 0 Å². The molecular weight excluding hydrogens is 204 g/mol. The van der Waals surface area contributed by atoms with Crippen LogP contribution in [0.3, 0.4) is 0 Å². The first-order chi connectivity index (χ1) is 7.52. The second-order valence-electron chi connectivity index (χ2n) is 4.15. The van der Waals surface area contributed by atoms with Crippen LogP contribution in [-0.4, -0.2) is 19.3 Å². The maximum Gasteiger partial charge on any atom is 0.164 e. The van der Waals surface area contributed by atoms with Crippen LogP contribution in [0.2, 0.25) is 0 Å². The Hall–Kier alpha value is -1.38. The molecule has 0 bridgehead atoms. The molecule has 0 amide bonds. The molecule has 0 saturated carbocycles. The molecule has 0 unspecified atom stereocenters. The first-order valence-corrected chi connectivity index (χ1v) is 5.54. The monoisotopic (exact) mass is 224 g/mol. The Labute approximate surface area is 97.3 Å². The van der Waals surface area contributed by atoms with E-state index in [0.717, 1.165) is 11.5 Å². The van der Waals surface area contributed by atoms with Crippen molar-refractivity contribution in [3.63, 3.8) is 0 Å². The van der Waals surface area contributed by atoms with Crippen LogP contribution >= 0.6 is 0 Å². The third kappa shape index (κ3) is 3.65. The van der Waals surface area contributed by atoms with Crippen LogP contribution in [0.25, 0.3) is 0 Å². The van der Waals surface area contributed by atoms with Crippen LogP contribution in [0.1, 0.15) is 27.7 Å². The van der Waals surface area contributed by atoms with E-state index in [2.05, 4.69) is 0 Å². The van der Waals surface area contributed by atoms with Crippen LogP contribution in [0.5, 0.6) is 17.2 Å². The summed E-state index contributed by atoms with van der Waals surface area (Å²) < 4.78 is 16.5. The van der Waals surface area contributed by atoms with Gasteiger partial charge in [-0.2, -0.15) is 0 Å². The van der Waals surface area contributed by atoms with E-state index >= 15 is 0 Å². The van der Waals surface area contributed by atoms with Crippen LogP contribution in [0.4, 0.5) is 0 Å². The summed E-state index contributed by atoms with van der Waals surface area (Å²) in [6, 6.07) is 5.61. The predicted molar refractivity (Wildman–Crippen MR) is 64.5 cm³/mol. The third-order valence-electron chi connectivity index (χ3n) is 1.87. The Balaban J connectivity index is 2.88. The van der Waals surface area contributed by atoms with Crippen molar-refractivity contribution in [3.8, 4) is 17.2 Å². The Morgan fingerprint density at radius 1 is 0.875 bits per heavy atom. The molecule has 0 aliphatic heterocycles. The number of hydrogen-bond acceptors (Lipinski definition) is 3. The lowest BCUT2D eigenvalue weighted by Crippen LogP contribution is -2.08. The summed E-state index contributed by atoms with van der Waals surface area (Å²) in [4.78, 5) is 0. The van der Waals surface area contributed by atoms with Crippen LogP contribution in [-0.2, 0) is 0 Å². The topological polar surface area (TPSA) is 27.7 Å². The Bertz CT molecular complexity index is 332. The molecule has 1 aromatic carbocycles. The zero-order valence-corrected chi connectivity index (χ0v) is 10.6. The van der Waals surface area contributed by atoms with Gasteiger partial charge >= 0.3 is 0 Å². The Morgan fingerprint density at radius 2 is 1.50 bits per heavy atom. The summed E-state index contributed by atoms with van der Waals surface area (Å²) in [5.41, 5.74) is 0. The van der Waals surface area contributed by atoms with E-state index in [-0.39, 0.29) is 12.2 Å². The molecule has 90 valence electrons. The molecule has 0 saturated heterocycles. The molecule has 3 nitrogen and oxygen atoms in total. The van der Waals surface area contributed by atoms with Crippen molar-refractivity contribution >= 4 is 0 Å². The zero-order valence-electron chi connectivity index (χ0n) is 10.6. The molecule has 1 rings (SSSR count). The quantitative estimate of drug-likeness (QED) is 0.768. The SMILES string of the molecule is COc1cc(OC(C)C)ccc1OC(C)C. The zero-order chi connectivity index (χ0) is 12.1. The summed E-state index contributed by atoms with van der Waals surface area (Å²) in [7, 11) is 1.63. The molecule has 3 heteroatoms. The number of ether oxygens (including phenoxy) is 3. The van der Waals surface area contributed by atoms with E-state index in [9.17, 15) is 0 Å². The van der Waals surface area contributed by atoms with Crippen LogP contribution in [0, 0.1) is 0 Å². The summed E-state index contributed by atoms with van der Waals surface area (Å²) in [5, 5.41) is 0. The second kappa shape index (κ2) is 5.64. The highest BCUT2D eigenvalue weighted by atomic mass is 16.5. The lowest BCUT2D eigenvalue weighted by molar-refractivity contribution is 0.224. The van der Waals surface area contributed by atoms with Crippen molar-refractivity contribution in [1.82, 2.24) is 0 Å². The third-order valence-corrected chi connectivity index (χ3v) is 1.87. The summed E-state index contributed by atoms with van der Waals surface area (Å²) in [6.45, 7) is 7.95. The molecule has 0 radical (unpaired) electrons. The average molecular weight is 224 g/mol. The molecule has 0 atom stereocenters. The van der Waals surface area contributed by atoms with Crippen molar-refractivity contribution in [1.29, 1.82) is 0 Å². The molecule has 0 spiro atoms. The molecule has 0 fully saturated rings. The summed E-state index contributed by atoms with van der Waals surface area (Å²) >= 11 is 0. The minimum Gasteiger partial charge on any atom is -0.493 e. The summed E-state index contributed by atoms with van der Waals surface area (Å²) in [5.74, 6) is 2.24. The molecule has 0 aliphatic carbocycles. The van der Waals surface area contributed by atoms with Gasteiger partial charge in [0, 0.05) is 6.07 Å². The van der Waals surface area contributed by atoms with Gasteiger partial charge in [0.2, 0.25) is 0 Å². The van der Waals surface area contributed by atoms with Crippen molar-refractivity contribution in [2.75, 3.05) is 7.11 Å².